The molecule has 0 spiro atoms. The van der Waals surface area contributed by atoms with Gasteiger partial charge in [-0.05, 0) is 19.3 Å². The van der Waals surface area contributed by atoms with Gasteiger partial charge in [-0.2, -0.15) is 0 Å². The van der Waals surface area contributed by atoms with E-state index in [4.69, 9.17) is 75.8 Å². The van der Waals surface area contributed by atoms with E-state index in [0.29, 0.717) is 12.8 Å². The number of carbonyl (C=O) groups excluding carboxylic acids is 2. The van der Waals surface area contributed by atoms with Crippen LogP contribution >= 0.6 is 0 Å². The Bertz CT molecular complexity index is 3140. The molecule has 0 bridgehead atoms. The molecule has 8 aliphatic heterocycles. The number of amides is 2. The van der Waals surface area contributed by atoms with Gasteiger partial charge in [-0.1, -0.05) is 180 Å². The fourth-order valence-corrected chi connectivity index (χ4v) is 17.6. The van der Waals surface area contributed by atoms with Gasteiger partial charge in [-0.3, -0.25) is 9.59 Å². The van der Waals surface area contributed by atoms with Crippen molar-refractivity contribution >= 4 is 11.8 Å². The van der Waals surface area contributed by atoms with E-state index in [2.05, 4.69) is 24.5 Å². The van der Waals surface area contributed by atoms with Crippen LogP contribution in [0.25, 0.3) is 0 Å². The van der Waals surface area contributed by atoms with E-state index in [-0.39, 0.29) is 12.3 Å². The van der Waals surface area contributed by atoms with Crippen LogP contribution in [0, 0.1) is 0 Å². The van der Waals surface area contributed by atoms with Crippen LogP contribution in [0.5, 0.6) is 0 Å². The molecule has 0 saturated carbocycles. The van der Waals surface area contributed by atoms with Crippen LogP contribution in [0.3, 0.4) is 0 Å². The molecule has 45 nitrogen and oxygen atoms in total. The molecule has 2 amide bonds. The summed E-state index contributed by atoms with van der Waals surface area (Å²) < 4.78 is 93.0. The predicted octanol–water partition coefficient (Wildman–Crippen LogP) is -6.92. The third kappa shape index (κ3) is 31.8. The Kier molecular flexibility index (Phi) is 50.4. The van der Waals surface area contributed by atoms with Gasteiger partial charge in [0.15, 0.2) is 50.3 Å². The maximum atomic E-state index is 13.5. The van der Waals surface area contributed by atoms with Gasteiger partial charge in [0.05, 0.1) is 71.6 Å². The standard InChI is InChI=1S/C86H154N2O43/c1-4-6-8-10-12-14-16-18-19-21-23-25-27-29-31-33-54(99)88-44(45(98)32-30-28-26-24-22-20-17-15-13-11-9-7-5-2)42-116-80-65(109)63(107)72(52(40-95)123-80)125-81-66(110)64(108)73(53(41-96)124-81)126-82-68(112)75(58(102)48(36-91)118-82)128-84-70(114)77(60(104)50(38-93)120-84)130-86-71(115)78(61(105)51(39-94)122-86)131-85-69(113)76(59(103)49(37-92)121-85)129-83-67(111)74(57(101)47(35-90)119-83)127-79-55(87-43(3)97)62(106)56(100)46(34-89)117-79/h30,32,44-53,55-86,89-96,98,100-115H,4-29,31,33-42H2,1-3H3,(H,87,97)(H,88,99)/b32-30+/t44-,45+,46?,47?,48?,49?,50?,51?,52?,53?,55?,56-,57-,58-,59-,60-,61-,62+,63+,64+,65?,66?,67?,68?,69?,70?,71?,72+,73-,74-,75-,76-,77-,78-,79-,80+,81-,82-,83+,84+,85+,86+/m0/s1. The molecule has 27 N–H and O–H groups in total. The van der Waals surface area contributed by atoms with Crippen LogP contribution in [0.4, 0.5) is 0 Å². The summed E-state index contributed by atoms with van der Waals surface area (Å²) in [6.45, 7) is -3.51. The second-order valence-corrected chi connectivity index (χ2v) is 35.5. The van der Waals surface area contributed by atoms with Gasteiger partial charge in [0.2, 0.25) is 11.8 Å². The molecule has 131 heavy (non-hydrogen) atoms. The predicted molar refractivity (Wildman–Crippen MR) is 447 cm³/mol. The number of rotatable bonds is 57. The van der Waals surface area contributed by atoms with Gasteiger partial charge in [0, 0.05) is 13.3 Å². The molecule has 8 rings (SSSR count). The van der Waals surface area contributed by atoms with Crippen molar-refractivity contribution in [2.24, 2.45) is 0 Å². The maximum absolute atomic E-state index is 13.5. The second-order valence-electron chi connectivity index (χ2n) is 35.5. The average molecular weight is 1900 g/mol. The van der Waals surface area contributed by atoms with Crippen molar-refractivity contribution in [2.45, 2.75) is 458 Å². The molecule has 8 heterocycles. The average Bonchev–Trinajstić information content (AvgIpc) is 0.713. The van der Waals surface area contributed by atoms with Crippen molar-refractivity contribution in [2.75, 3.05) is 59.5 Å². The molecule has 0 aromatic carbocycles. The van der Waals surface area contributed by atoms with Crippen molar-refractivity contribution in [3.05, 3.63) is 12.2 Å². The molecular formula is C86H154N2O43. The summed E-state index contributed by atoms with van der Waals surface area (Å²) in [6.07, 6.45) is -47.2. The Morgan fingerprint density at radius 2 is 0.557 bits per heavy atom. The lowest BCUT2D eigenvalue weighted by Gasteiger charge is -2.50. The normalized spacial score (nSPS) is 40.7. The van der Waals surface area contributed by atoms with Crippen LogP contribution in [0.1, 0.15) is 201 Å². The van der Waals surface area contributed by atoms with Gasteiger partial charge in [0.25, 0.3) is 0 Å². The summed E-state index contributed by atoms with van der Waals surface area (Å²) in [5.74, 6) is -1.14. The fourth-order valence-electron chi connectivity index (χ4n) is 17.6. The molecule has 45 heteroatoms. The minimum atomic E-state index is -2.40. The van der Waals surface area contributed by atoms with Crippen molar-refractivity contribution in [1.29, 1.82) is 0 Å². The molecule has 16 unspecified atom stereocenters. The number of nitrogens with one attached hydrogen (secondary N) is 2. The molecule has 0 radical (unpaired) electrons. The van der Waals surface area contributed by atoms with E-state index in [1.807, 2.05) is 6.08 Å². The van der Waals surface area contributed by atoms with E-state index in [1.54, 1.807) is 6.08 Å². The van der Waals surface area contributed by atoms with Crippen LogP contribution in [0.15, 0.2) is 12.2 Å². The third-order valence-electron chi connectivity index (χ3n) is 25.6. The summed E-state index contributed by atoms with van der Waals surface area (Å²) in [7, 11) is 0. The second kappa shape index (κ2) is 58.3. The number of ether oxygens (including phenoxy) is 16. The molecule has 0 aromatic rings. The highest BCUT2D eigenvalue weighted by atomic mass is 16.8. The minimum Gasteiger partial charge on any atom is -0.394 e. The summed E-state index contributed by atoms with van der Waals surface area (Å²) >= 11 is 0. The molecule has 42 atom stereocenters. The molecule has 8 fully saturated rings. The monoisotopic (exact) mass is 1900 g/mol. The Balaban J connectivity index is 0.875. The molecular weight excluding hydrogens is 1750 g/mol. The van der Waals surface area contributed by atoms with Crippen LogP contribution in [-0.4, -0.2) is 457 Å². The van der Waals surface area contributed by atoms with Crippen molar-refractivity contribution < 1.29 is 213 Å². The number of hydrogen-bond donors (Lipinski definition) is 27. The van der Waals surface area contributed by atoms with E-state index in [0.717, 1.165) is 58.3 Å². The topological polar surface area (TPSA) is 712 Å². The molecule has 8 aliphatic rings. The first-order chi connectivity index (χ1) is 62.9. The Morgan fingerprint density at radius 3 is 0.878 bits per heavy atom. The van der Waals surface area contributed by atoms with Crippen molar-refractivity contribution in [3.8, 4) is 0 Å². The highest BCUT2D eigenvalue weighted by molar-refractivity contribution is 5.76. The quantitative estimate of drug-likeness (QED) is 0.0199. The SMILES string of the molecule is CCCCCCCCCCCCC/C=C/[C@@H](O)[C@H](CO[C@@H]1OC(CO)[C@@H](O[C@@H]2OC(CO)[C@H](O[C@@H]3OC(CO)[C@H](O)[C@H](O[C@H]4OC(CO)[C@H](O)[C@H](O[C@H]5OC(CO)[C@H](O)[C@H](O[C@H]6OC(CO)[C@H](O)[C@H](O[C@H]7OC(CO)[C@H](O)[C@H](O[C@@H]8OC(CO)[C@H](O)[C@H](O)C8NC(C)=O)C7O)C6O)C5O)C4O)C3O)[C@H](O)C2O)[C@H](O)C1O)NC(=O)CCCCCCCCCCCCCCCCC. The number of aliphatic hydroxyl groups excluding tert-OH is 25. The van der Waals surface area contributed by atoms with E-state index < -0.39 is 323 Å². The van der Waals surface area contributed by atoms with Gasteiger partial charge in [0.1, 0.15) is 195 Å². The summed E-state index contributed by atoms with van der Waals surface area (Å²) in [4.78, 5) is 25.7. The third-order valence-corrected chi connectivity index (χ3v) is 25.6. The lowest BCUT2D eigenvalue weighted by molar-refractivity contribution is -0.401. The van der Waals surface area contributed by atoms with Crippen LogP contribution < -0.4 is 10.6 Å². The Hall–Kier alpha value is -2.96. The van der Waals surface area contributed by atoms with Gasteiger partial charge < -0.3 is 214 Å². The molecule has 0 aromatic heterocycles. The van der Waals surface area contributed by atoms with Crippen LogP contribution in [0.2, 0.25) is 0 Å². The highest BCUT2D eigenvalue weighted by Crippen LogP contribution is 2.40. The lowest BCUT2D eigenvalue weighted by Crippen LogP contribution is -2.69. The zero-order chi connectivity index (χ0) is 95.7. The first-order valence-electron chi connectivity index (χ1n) is 47.0. The summed E-state index contributed by atoms with van der Waals surface area (Å²) in [5, 5.41) is 286. The van der Waals surface area contributed by atoms with E-state index in [1.165, 1.54) is 109 Å². The van der Waals surface area contributed by atoms with E-state index in [9.17, 15) is 137 Å². The number of allylic oxidation sites excluding steroid dienone is 1. The first kappa shape index (κ1) is 113. The van der Waals surface area contributed by atoms with Gasteiger partial charge in [-0.15, -0.1) is 0 Å². The maximum Gasteiger partial charge on any atom is 0.220 e. The number of unbranched alkanes of at least 4 members (excludes halogenated alkanes) is 25. The fraction of sp³-hybridized carbons (Fsp3) is 0.953. The Morgan fingerprint density at radius 1 is 0.298 bits per heavy atom. The number of hydrogen-bond acceptors (Lipinski definition) is 43. The van der Waals surface area contributed by atoms with Gasteiger partial charge >= 0.3 is 0 Å². The van der Waals surface area contributed by atoms with E-state index >= 15 is 0 Å². The van der Waals surface area contributed by atoms with Crippen molar-refractivity contribution in [3.63, 3.8) is 0 Å². The molecule has 766 valence electrons. The molecule has 0 aliphatic carbocycles. The zero-order valence-corrected chi connectivity index (χ0v) is 75.1. The number of carbonyl (C=O) groups is 2. The van der Waals surface area contributed by atoms with Gasteiger partial charge in [-0.25, -0.2) is 0 Å². The minimum absolute atomic E-state index is 0.162. The summed E-state index contributed by atoms with van der Waals surface area (Å²) in [6, 6.07) is -2.72. The largest absolute Gasteiger partial charge is 0.394 e. The van der Waals surface area contributed by atoms with Crippen molar-refractivity contribution in [1.82, 2.24) is 10.6 Å². The zero-order valence-electron chi connectivity index (χ0n) is 75.1. The smallest absolute Gasteiger partial charge is 0.220 e. The summed E-state index contributed by atoms with van der Waals surface area (Å²) in [5.41, 5.74) is 0. The Labute approximate surface area is 762 Å². The van der Waals surface area contributed by atoms with Crippen LogP contribution in [-0.2, 0) is 85.4 Å². The highest BCUT2D eigenvalue weighted by Gasteiger charge is 2.60. The first-order valence-corrected chi connectivity index (χ1v) is 47.0. The lowest BCUT2D eigenvalue weighted by atomic mass is 9.94. The molecule has 8 saturated heterocycles. The number of aliphatic hydroxyl groups is 25.